The summed E-state index contributed by atoms with van der Waals surface area (Å²) in [5.41, 5.74) is 6.00. The zero-order chi connectivity index (χ0) is 24.2. The molecule has 2 N–H and O–H groups in total. The van der Waals surface area contributed by atoms with Crippen LogP contribution in [-0.4, -0.2) is 70.6 Å². The molecule has 2 bridgehead atoms. The van der Waals surface area contributed by atoms with Crippen LogP contribution in [0.25, 0.3) is 0 Å². The van der Waals surface area contributed by atoms with Crippen molar-refractivity contribution >= 4 is 5.91 Å². The maximum absolute atomic E-state index is 12.8. The highest BCUT2D eigenvalue weighted by atomic mass is 16.3. The van der Waals surface area contributed by atoms with Crippen molar-refractivity contribution in [2.75, 3.05) is 32.7 Å². The van der Waals surface area contributed by atoms with E-state index in [1.54, 1.807) is 6.07 Å². The topological polar surface area (TPSA) is 59.0 Å². The molecule has 0 aliphatic carbocycles. The first-order valence-corrected chi connectivity index (χ1v) is 13.2. The molecule has 6 heteroatoms. The van der Waals surface area contributed by atoms with E-state index in [0.717, 1.165) is 57.5 Å². The monoisotopic (exact) mass is 474 g/mol. The Morgan fingerprint density at radius 2 is 1.77 bits per heavy atom. The molecule has 3 aliphatic rings. The van der Waals surface area contributed by atoms with Gasteiger partial charge in [0.25, 0.3) is 5.91 Å². The van der Waals surface area contributed by atoms with E-state index in [0.29, 0.717) is 23.4 Å². The molecule has 35 heavy (non-hydrogen) atoms. The first-order valence-electron chi connectivity index (χ1n) is 13.2. The lowest BCUT2D eigenvalue weighted by atomic mass is 9.87. The van der Waals surface area contributed by atoms with Crippen LogP contribution < -0.4 is 5.43 Å². The first-order chi connectivity index (χ1) is 17.1. The van der Waals surface area contributed by atoms with Crippen molar-refractivity contribution in [3.8, 4) is 5.75 Å². The number of hydrazine groups is 1. The number of fused-ring (bicyclic) bond motifs is 2. The third-order valence-corrected chi connectivity index (χ3v) is 7.89. The number of nitrogens with one attached hydrogen (secondary N) is 1. The Morgan fingerprint density at radius 1 is 1.00 bits per heavy atom. The highest BCUT2D eigenvalue weighted by Gasteiger charge is 2.39. The molecule has 186 valence electrons. The van der Waals surface area contributed by atoms with Gasteiger partial charge in [0.05, 0.1) is 6.04 Å². The van der Waals surface area contributed by atoms with Crippen LogP contribution >= 0.6 is 0 Å². The number of rotatable bonds is 7. The van der Waals surface area contributed by atoms with E-state index in [-0.39, 0.29) is 11.9 Å². The number of phenols is 1. The summed E-state index contributed by atoms with van der Waals surface area (Å²) in [6.07, 6.45) is 9.05. The van der Waals surface area contributed by atoms with Crippen LogP contribution in [0.4, 0.5) is 0 Å². The fourth-order valence-electron chi connectivity index (χ4n) is 6.24. The summed E-state index contributed by atoms with van der Waals surface area (Å²) < 4.78 is 0. The minimum Gasteiger partial charge on any atom is -0.508 e. The first kappa shape index (κ1) is 24.0. The Hall–Kier alpha value is -2.67. The molecule has 0 aromatic heterocycles. The van der Waals surface area contributed by atoms with Gasteiger partial charge < -0.3 is 5.11 Å². The summed E-state index contributed by atoms with van der Waals surface area (Å²) in [7, 11) is 0. The normalized spacial score (nSPS) is 24.6. The van der Waals surface area contributed by atoms with Crippen LogP contribution in [0, 0.1) is 0 Å². The van der Waals surface area contributed by atoms with Crippen molar-refractivity contribution < 1.29 is 9.90 Å². The van der Waals surface area contributed by atoms with Gasteiger partial charge in [-0.15, -0.1) is 6.58 Å². The van der Waals surface area contributed by atoms with Crippen LogP contribution in [0.2, 0.25) is 0 Å². The Labute approximate surface area is 209 Å². The van der Waals surface area contributed by atoms with Crippen molar-refractivity contribution in [3.63, 3.8) is 0 Å². The maximum Gasteiger partial charge on any atom is 0.265 e. The fraction of sp³-hybridized carbons (Fsp3) is 0.483. The number of aromatic hydroxyl groups is 1. The van der Waals surface area contributed by atoms with Crippen LogP contribution in [0.15, 0.2) is 61.2 Å². The summed E-state index contributed by atoms with van der Waals surface area (Å²) in [4.78, 5) is 18.0. The number of benzene rings is 2. The van der Waals surface area contributed by atoms with E-state index in [1.165, 1.54) is 24.8 Å². The molecule has 3 fully saturated rings. The maximum atomic E-state index is 12.8. The van der Waals surface area contributed by atoms with Gasteiger partial charge in [0.15, 0.2) is 0 Å². The zero-order valence-electron chi connectivity index (χ0n) is 20.6. The number of hydrogen-bond donors (Lipinski definition) is 2. The predicted molar refractivity (Wildman–Crippen MR) is 139 cm³/mol. The molecule has 3 aliphatic heterocycles. The second-order valence-electron chi connectivity index (χ2n) is 10.3. The quantitative estimate of drug-likeness (QED) is 0.585. The van der Waals surface area contributed by atoms with Gasteiger partial charge in [-0.3, -0.25) is 20.0 Å². The number of carbonyl (C=O) groups excluding carboxylic acids is 1. The Bertz CT molecular complexity index is 1020. The Morgan fingerprint density at radius 3 is 2.51 bits per heavy atom. The minimum atomic E-state index is -0.0425. The van der Waals surface area contributed by atoms with Crippen molar-refractivity contribution in [1.29, 1.82) is 0 Å². The molecular weight excluding hydrogens is 436 g/mol. The average Bonchev–Trinajstić information content (AvgIpc) is 3.35. The van der Waals surface area contributed by atoms with E-state index < -0.39 is 0 Å². The third kappa shape index (κ3) is 5.45. The smallest absolute Gasteiger partial charge is 0.265 e. The molecule has 3 saturated heterocycles. The van der Waals surface area contributed by atoms with Gasteiger partial charge in [0.2, 0.25) is 0 Å². The standard InChI is InChI=1S/C29H38N4O2/c1-2-16-31-19-15-25-8-6-9-26(21-31)33(25)28(24-7-5-10-27(34)20-24)22-11-13-23(14-12-22)29(35)30-32-17-3-4-18-32/h2,5,7,10-14,20,25-26,28,34H,1,3-4,6,8-9,15-19,21H2,(H,30,35). The average molecular weight is 475 g/mol. The Kier molecular flexibility index (Phi) is 7.51. The van der Waals surface area contributed by atoms with Gasteiger partial charge in [-0.05, 0) is 67.5 Å². The second-order valence-corrected chi connectivity index (χ2v) is 10.3. The molecule has 2 aromatic rings. The lowest BCUT2D eigenvalue weighted by molar-refractivity contribution is 0.0562. The molecule has 0 saturated carbocycles. The lowest BCUT2D eigenvalue weighted by Gasteiger charge is -2.46. The van der Waals surface area contributed by atoms with E-state index in [4.69, 9.17) is 0 Å². The van der Waals surface area contributed by atoms with E-state index in [9.17, 15) is 9.90 Å². The SMILES string of the molecule is C=CCN1CCC2CCCC(C1)N2C(c1ccc(C(=O)NN2CCCC2)cc1)c1cccc(O)c1. The fourth-order valence-corrected chi connectivity index (χ4v) is 6.24. The summed E-state index contributed by atoms with van der Waals surface area (Å²) in [6.45, 7) is 8.86. The van der Waals surface area contributed by atoms with Crippen molar-refractivity contribution in [1.82, 2.24) is 20.2 Å². The van der Waals surface area contributed by atoms with E-state index >= 15 is 0 Å². The van der Waals surface area contributed by atoms with Crippen molar-refractivity contribution in [2.45, 2.75) is 56.7 Å². The van der Waals surface area contributed by atoms with Crippen LogP contribution in [0.1, 0.15) is 66.1 Å². The molecule has 0 spiro atoms. The highest BCUT2D eigenvalue weighted by molar-refractivity contribution is 5.93. The molecule has 2 aromatic carbocycles. The molecule has 1 amide bonds. The van der Waals surface area contributed by atoms with Crippen LogP contribution in [0.5, 0.6) is 5.75 Å². The summed E-state index contributed by atoms with van der Waals surface area (Å²) in [5, 5.41) is 12.3. The summed E-state index contributed by atoms with van der Waals surface area (Å²) in [5.74, 6) is 0.251. The molecule has 3 unspecified atom stereocenters. The van der Waals surface area contributed by atoms with E-state index in [2.05, 4.69) is 40.0 Å². The van der Waals surface area contributed by atoms with E-state index in [1.807, 2.05) is 35.4 Å². The molecule has 3 heterocycles. The lowest BCUT2D eigenvalue weighted by Crippen LogP contribution is -2.50. The van der Waals surface area contributed by atoms with Gasteiger partial charge in [-0.2, -0.15) is 0 Å². The Balaban J connectivity index is 1.46. The molecular formula is C29H38N4O2. The minimum absolute atomic E-state index is 0.0387. The summed E-state index contributed by atoms with van der Waals surface area (Å²) in [6, 6.07) is 16.8. The predicted octanol–water partition coefficient (Wildman–Crippen LogP) is 4.34. The van der Waals surface area contributed by atoms with Gasteiger partial charge in [0.1, 0.15) is 5.75 Å². The molecule has 6 nitrogen and oxygen atoms in total. The number of amides is 1. The number of hydrogen-bond acceptors (Lipinski definition) is 5. The van der Waals surface area contributed by atoms with Crippen LogP contribution in [-0.2, 0) is 0 Å². The number of phenolic OH excluding ortho intramolecular Hbond substituents is 1. The largest absolute Gasteiger partial charge is 0.508 e. The number of piperidine rings is 1. The number of nitrogens with zero attached hydrogens (tertiary/aromatic N) is 3. The van der Waals surface area contributed by atoms with Crippen LogP contribution in [0.3, 0.4) is 0 Å². The van der Waals surface area contributed by atoms with Gasteiger partial charge in [0, 0.05) is 50.4 Å². The molecule has 5 rings (SSSR count). The van der Waals surface area contributed by atoms with Gasteiger partial charge in [-0.25, -0.2) is 5.01 Å². The van der Waals surface area contributed by atoms with Gasteiger partial charge >= 0.3 is 0 Å². The summed E-state index contributed by atoms with van der Waals surface area (Å²) >= 11 is 0. The van der Waals surface area contributed by atoms with Crippen molar-refractivity contribution in [3.05, 3.63) is 77.9 Å². The molecule has 3 atom stereocenters. The van der Waals surface area contributed by atoms with Gasteiger partial charge in [-0.1, -0.05) is 36.8 Å². The van der Waals surface area contributed by atoms with Crippen molar-refractivity contribution in [2.24, 2.45) is 0 Å². The third-order valence-electron chi connectivity index (χ3n) is 7.89. The zero-order valence-corrected chi connectivity index (χ0v) is 20.6. The second kappa shape index (κ2) is 10.9. The molecule has 0 radical (unpaired) electrons. The number of carbonyl (C=O) groups is 1. The highest BCUT2D eigenvalue weighted by Crippen LogP contribution is 2.40.